The summed E-state index contributed by atoms with van der Waals surface area (Å²) >= 11 is 0. The van der Waals surface area contributed by atoms with Crippen LogP contribution < -0.4 is 10.5 Å². The van der Waals surface area contributed by atoms with E-state index in [9.17, 15) is 22.8 Å². The zero-order chi connectivity index (χ0) is 24.9. The molecule has 0 N–H and O–H groups in total. The highest BCUT2D eigenvalue weighted by molar-refractivity contribution is 5.96. The first-order valence-corrected chi connectivity index (χ1v) is 11.4. The lowest BCUT2D eigenvalue weighted by atomic mass is 10.1. The van der Waals surface area contributed by atoms with E-state index in [4.69, 9.17) is 0 Å². The molecular weight excluding hydrogens is 457 g/mol. The third-order valence-corrected chi connectivity index (χ3v) is 6.47. The Morgan fingerprint density at radius 1 is 1.09 bits per heavy atom. The highest BCUT2D eigenvalue weighted by Gasteiger charge is 2.37. The molecule has 0 spiro atoms. The SMILES string of the molecule is CCc1ccc(-n2nc(C)c3c(C(F)(F)F)cc(=O)n(CC(=O)N4CCc5ccccc54)c32)cc1. The molecule has 0 saturated carbocycles. The van der Waals surface area contributed by atoms with Crippen molar-refractivity contribution in [1.82, 2.24) is 14.3 Å². The zero-order valence-corrected chi connectivity index (χ0v) is 19.3. The fourth-order valence-corrected chi connectivity index (χ4v) is 4.70. The largest absolute Gasteiger partial charge is 0.417 e. The van der Waals surface area contributed by atoms with Crippen LogP contribution in [0.15, 0.2) is 59.4 Å². The van der Waals surface area contributed by atoms with Crippen molar-refractivity contribution in [2.45, 2.75) is 39.4 Å². The summed E-state index contributed by atoms with van der Waals surface area (Å²) in [5.74, 6) is -0.371. The molecule has 180 valence electrons. The number of alkyl halides is 3. The summed E-state index contributed by atoms with van der Waals surface area (Å²) in [6.45, 7) is 3.52. The lowest BCUT2D eigenvalue weighted by Gasteiger charge is -2.20. The van der Waals surface area contributed by atoms with Crippen LogP contribution in [0.5, 0.6) is 0 Å². The molecule has 0 unspecified atom stereocenters. The maximum Gasteiger partial charge on any atom is 0.417 e. The minimum absolute atomic E-state index is 0.0487. The summed E-state index contributed by atoms with van der Waals surface area (Å²) in [7, 11) is 0. The fourth-order valence-electron chi connectivity index (χ4n) is 4.70. The first-order chi connectivity index (χ1) is 16.7. The van der Waals surface area contributed by atoms with Gasteiger partial charge in [-0.1, -0.05) is 37.3 Å². The van der Waals surface area contributed by atoms with E-state index in [0.717, 1.165) is 27.8 Å². The monoisotopic (exact) mass is 480 g/mol. The summed E-state index contributed by atoms with van der Waals surface area (Å²) in [4.78, 5) is 27.9. The number of nitrogens with zero attached hydrogens (tertiary/aromatic N) is 4. The number of amides is 1. The van der Waals surface area contributed by atoms with Gasteiger partial charge in [-0.25, -0.2) is 4.68 Å². The molecule has 2 aromatic carbocycles. The molecule has 35 heavy (non-hydrogen) atoms. The van der Waals surface area contributed by atoms with Gasteiger partial charge in [0.05, 0.1) is 22.3 Å². The van der Waals surface area contributed by atoms with Crippen LogP contribution in [0.3, 0.4) is 0 Å². The number of hydrogen-bond acceptors (Lipinski definition) is 3. The van der Waals surface area contributed by atoms with Gasteiger partial charge < -0.3 is 4.90 Å². The fraction of sp³-hybridized carbons (Fsp3) is 0.269. The first kappa shape index (κ1) is 22.9. The molecule has 0 saturated heterocycles. The Bertz CT molecular complexity index is 1500. The van der Waals surface area contributed by atoms with Crippen LogP contribution in [0, 0.1) is 6.92 Å². The summed E-state index contributed by atoms with van der Waals surface area (Å²) in [5.41, 5.74) is 1.45. The van der Waals surface area contributed by atoms with Crippen molar-refractivity contribution in [3.05, 3.63) is 87.3 Å². The van der Waals surface area contributed by atoms with Gasteiger partial charge in [-0.05, 0) is 49.1 Å². The molecule has 9 heteroatoms. The van der Waals surface area contributed by atoms with Gasteiger partial charge >= 0.3 is 6.18 Å². The van der Waals surface area contributed by atoms with Gasteiger partial charge in [-0.15, -0.1) is 0 Å². The van der Waals surface area contributed by atoms with Gasteiger partial charge in [0, 0.05) is 18.3 Å². The van der Waals surface area contributed by atoms with Crippen molar-refractivity contribution in [2.75, 3.05) is 11.4 Å². The average molecular weight is 480 g/mol. The number of carbonyl (C=O) groups is 1. The van der Waals surface area contributed by atoms with Crippen molar-refractivity contribution >= 4 is 22.6 Å². The average Bonchev–Trinajstić information content (AvgIpc) is 3.41. The van der Waals surface area contributed by atoms with Gasteiger partial charge in [0.25, 0.3) is 5.56 Å². The van der Waals surface area contributed by atoms with Crippen molar-refractivity contribution in [2.24, 2.45) is 0 Å². The van der Waals surface area contributed by atoms with E-state index < -0.39 is 23.8 Å². The zero-order valence-electron chi connectivity index (χ0n) is 19.3. The van der Waals surface area contributed by atoms with Crippen LogP contribution >= 0.6 is 0 Å². The number of carbonyl (C=O) groups excluding carboxylic acids is 1. The second kappa shape index (κ2) is 8.41. The Morgan fingerprint density at radius 3 is 2.49 bits per heavy atom. The molecule has 0 radical (unpaired) electrons. The van der Waals surface area contributed by atoms with Gasteiger partial charge in [0.1, 0.15) is 12.2 Å². The minimum atomic E-state index is -4.75. The molecule has 1 aliphatic heterocycles. The van der Waals surface area contributed by atoms with Crippen LogP contribution in [-0.4, -0.2) is 26.8 Å². The Kier molecular flexibility index (Phi) is 5.50. The Morgan fingerprint density at radius 2 is 1.80 bits per heavy atom. The minimum Gasteiger partial charge on any atom is -0.310 e. The molecule has 6 nitrogen and oxygen atoms in total. The smallest absolute Gasteiger partial charge is 0.310 e. The number of pyridine rings is 1. The van der Waals surface area contributed by atoms with E-state index >= 15 is 0 Å². The number of rotatable bonds is 4. The number of halogens is 3. The van der Waals surface area contributed by atoms with Crippen LogP contribution in [0.25, 0.3) is 16.7 Å². The van der Waals surface area contributed by atoms with Gasteiger partial charge in [-0.2, -0.15) is 18.3 Å². The Labute approximate surface area is 199 Å². The maximum atomic E-state index is 13.9. The van der Waals surface area contributed by atoms with Crippen LogP contribution in [0.1, 0.15) is 29.3 Å². The lowest BCUT2D eigenvalue weighted by Crippen LogP contribution is -2.36. The molecule has 0 bridgehead atoms. The van der Waals surface area contributed by atoms with Crippen LogP contribution in [0.4, 0.5) is 18.9 Å². The standard InChI is InChI=1S/C26H23F3N4O2/c1-3-17-8-10-19(11-9-17)33-25-24(16(2)30-33)20(26(27,28)29)14-22(34)32(25)15-23(35)31-13-12-18-6-4-5-7-21(18)31/h4-11,14H,3,12-13,15H2,1-2H3. The van der Waals surface area contributed by atoms with Gasteiger partial charge in [0.15, 0.2) is 0 Å². The van der Waals surface area contributed by atoms with E-state index in [1.54, 1.807) is 17.0 Å². The predicted molar refractivity (Wildman–Crippen MR) is 127 cm³/mol. The number of aromatic nitrogens is 3. The van der Waals surface area contributed by atoms with Crippen molar-refractivity contribution in [3.63, 3.8) is 0 Å². The van der Waals surface area contributed by atoms with Gasteiger partial charge in [-0.3, -0.25) is 14.2 Å². The molecule has 3 heterocycles. The molecule has 2 aromatic heterocycles. The predicted octanol–water partition coefficient (Wildman–Crippen LogP) is 4.67. The number of benzene rings is 2. The molecule has 0 atom stereocenters. The van der Waals surface area contributed by atoms with E-state index in [1.165, 1.54) is 11.6 Å². The summed E-state index contributed by atoms with van der Waals surface area (Å²) < 4.78 is 44.2. The Balaban J connectivity index is 1.69. The highest BCUT2D eigenvalue weighted by atomic mass is 19.4. The molecule has 4 aromatic rings. The third-order valence-electron chi connectivity index (χ3n) is 6.47. The van der Waals surface area contributed by atoms with Crippen molar-refractivity contribution in [1.29, 1.82) is 0 Å². The molecule has 0 fully saturated rings. The summed E-state index contributed by atoms with van der Waals surface area (Å²) in [6.07, 6.45) is -3.27. The molecule has 0 aliphatic carbocycles. The van der Waals surface area contributed by atoms with Crippen molar-refractivity contribution in [3.8, 4) is 5.69 Å². The maximum absolute atomic E-state index is 13.9. The Hall–Kier alpha value is -3.88. The van der Waals surface area contributed by atoms with Crippen molar-refractivity contribution < 1.29 is 18.0 Å². The quantitative estimate of drug-likeness (QED) is 0.427. The normalized spacial score (nSPS) is 13.5. The molecule has 1 amide bonds. The van der Waals surface area contributed by atoms with E-state index in [0.29, 0.717) is 24.7 Å². The first-order valence-electron chi connectivity index (χ1n) is 11.4. The van der Waals surface area contributed by atoms with E-state index in [1.807, 2.05) is 43.3 Å². The molecular formula is C26H23F3N4O2. The highest BCUT2D eigenvalue weighted by Crippen LogP contribution is 2.36. The number of aryl methyl sites for hydroxylation is 2. The number of para-hydroxylation sites is 1. The third kappa shape index (κ3) is 3.90. The van der Waals surface area contributed by atoms with Crippen LogP contribution in [0.2, 0.25) is 0 Å². The van der Waals surface area contributed by atoms with Gasteiger partial charge in [0.2, 0.25) is 5.91 Å². The van der Waals surface area contributed by atoms with E-state index in [2.05, 4.69) is 5.10 Å². The number of hydrogen-bond donors (Lipinski definition) is 0. The van der Waals surface area contributed by atoms with E-state index in [-0.39, 0.29) is 22.6 Å². The van der Waals surface area contributed by atoms with Crippen LogP contribution in [-0.2, 0) is 30.4 Å². The summed E-state index contributed by atoms with van der Waals surface area (Å²) in [5, 5.41) is 4.18. The number of fused-ring (bicyclic) bond motifs is 2. The molecule has 1 aliphatic rings. The second-order valence-corrected chi connectivity index (χ2v) is 8.62. The lowest BCUT2D eigenvalue weighted by molar-refractivity contribution is -0.136. The number of anilines is 1. The molecule has 5 rings (SSSR count). The topological polar surface area (TPSA) is 60.1 Å². The summed E-state index contributed by atoms with van der Waals surface area (Å²) in [6, 6.07) is 15.3. The second-order valence-electron chi connectivity index (χ2n) is 8.62.